The molecule has 0 spiro atoms. The van der Waals surface area contributed by atoms with Gasteiger partial charge in [0.25, 0.3) is 5.56 Å². The number of aromatic nitrogens is 3. The van der Waals surface area contributed by atoms with Crippen LogP contribution in [0.2, 0.25) is 0 Å². The molecule has 2 unspecified atom stereocenters. The molecule has 0 aliphatic carbocycles. The van der Waals surface area contributed by atoms with Crippen molar-refractivity contribution < 1.29 is 0 Å². The number of nitrogens with one attached hydrogen (secondary N) is 2. The highest BCUT2D eigenvalue weighted by Crippen LogP contribution is 2.31. The molecule has 0 bridgehead atoms. The van der Waals surface area contributed by atoms with E-state index in [1.165, 1.54) is 0 Å². The molecule has 122 valence electrons. The number of nitrogens with zero attached hydrogens (tertiary/aromatic N) is 2. The van der Waals surface area contributed by atoms with Crippen molar-refractivity contribution in [3.05, 3.63) is 44.8 Å². The maximum atomic E-state index is 12.2. The van der Waals surface area contributed by atoms with Gasteiger partial charge in [-0.3, -0.25) is 4.79 Å². The van der Waals surface area contributed by atoms with Crippen LogP contribution >= 0.6 is 28.3 Å². The van der Waals surface area contributed by atoms with Crippen molar-refractivity contribution in [2.24, 2.45) is 0 Å². The van der Waals surface area contributed by atoms with Crippen LogP contribution in [0.4, 0.5) is 0 Å². The van der Waals surface area contributed by atoms with Crippen LogP contribution in [-0.4, -0.2) is 27.2 Å². The van der Waals surface area contributed by atoms with E-state index < -0.39 is 0 Å². The van der Waals surface area contributed by atoms with Gasteiger partial charge in [0.1, 0.15) is 5.65 Å². The monoisotopic (exact) mass is 396 g/mol. The Bertz CT molecular complexity index is 919. The Morgan fingerprint density at radius 3 is 3.00 bits per heavy atom. The highest BCUT2D eigenvalue weighted by Gasteiger charge is 2.24. The molecular weight excluding hydrogens is 380 g/mol. The van der Waals surface area contributed by atoms with E-state index in [4.69, 9.17) is 5.10 Å². The Kier molecular flexibility index (Phi) is 4.49. The summed E-state index contributed by atoms with van der Waals surface area (Å²) >= 11 is 3.57. The normalized spacial score (nSPS) is 21.5. The summed E-state index contributed by atoms with van der Waals surface area (Å²) in [6.45, 7) is 3.16. The lowest BCUT2D eigenvalue weighted by atomic mass is 9.90. The lowest BCUT2D eigenvalue weighted by Crippen LogP contribution is -2.35. The van der Waals surface area contributed by atoms with Crippen molar-refractivity contribution in [3.8, 4) is 0 Å². The molecule has 1 saturated heterocycles. The Morgan fingerprint density at radius 1 is 1.39 bits per heavy atom. The molecule has 1 fully saturated rings. The van der Waals surface area contributed by atoms with Gasteiger partial charge in [-0.1, -0.05) is 6.07 Å². The van der Waals surface area contributed by atoms with Crippen molar-refractivity contribution in [1.82, 2.24) is 19.9 Å². The molecule has 2 aromatic heterocycles. The average Bonchev–Trinajstić information content (AvgIpc) is 2.86. The Hall–Kier alpha value is -1.37. The molecule has 2 N–H and O–H groups in total. The number of benzene rings is 1. The van der Waals surface area contributed by atoms with Gasteiger partial charge in [0.15, 0.2) is 0 Å². The summed E-state index contributed by atoms with van der Waals surface area (Å²) in [6, 6.07) is 8.07. The molecule has 0 amide bonds. The summed E-state index contributed by atoms with van der Waals surface area (Å²) in [4.78, 5) is 15.1. The van der Waals surface area contributed by atoms with Gasteiger partial charge in [-0.2, -0.15) is 5.10 Å². The molecule has 1 aromatic carbocycles. The third-order valence-corrected chi connectivity index (χ3v) is 5.12. The summed E-state index contributed by atoms with van der Waals surface area (Å²) in [5.74, 6) is 0.356. The molecule has 1 aliphatic heterocycles. The van der Waals surface area contributed by atoms with Crippen LogP contribution < -0.4 is 10.9 Å². The SMILES string of the molecule is CC1CC(c2cc(=O)[nH]c3c4c(Br)cccc4nn23)CCN1.Cl. The van der Waals surface area contributed by atoms with Crippen LogP contribution in [0.5, 0.6) is 0 Å². The van der Waals surface area contributed by atoms with Gasteiger partial charge >= 0.3 is 0 Å². The van der Waals surface area contributed by atoms with Crippen molar-refractivity contribution in [2.75, 3.05) is 6.54 Å². The second-order valence-electron chi connectivity index (χ2n) is 6.03. The maximum Gasteiger partial charge on any atom is 0.251 e. The smallest absolute Gasteiger partial charge is 0.251 e. The highest BCUT2D eigenvalue weighted by molar-refractivity contribution is 9.10. The maximum absolute atomic E-state index is 12.2. The van der Waals surface area contributed by atoms with Gasteiger partial charge in [-0.05, 0) is 54.4 Å². The second-order valence-corrected chi connectivity index (χ2v) is 6.88. The van der Waals surface area contributed by atoms with Gasteiger partial charge < -0.3 is 10.3 Å². The van der Waals surface area contributed by atoms with E-state index in [0.717, 1.165) is 46.1 Å². The first-order valence-electron chi connectivity index (χ1n) is 7.57. The number of H-pyrrole nitrogens is 1. The minimum absolute atomic E-state index is 0. The van der Waals surface area contributed by atoms with Crippen molar-refractivity contribution in [3.63, 3.8) is 0 Å². The minimum Gasteiger partial charge on any atom is -0.314 e. The number of fused-ring (bicyclic) bond motifs is 3. The lowest BCUT2D eigenvalue weighted by molar-refractivity contribution is 0.372. The summed E-state index contributed by atoms with van der Waals surface area (Å²) in [7, 11) is 0. The Morgan fingerprint density at radius 2 is 2.22 bits per heavy atom. The number of piperidine rings is 1. The summed E-state index contributed by atoms with van der Waals surface area (Å²) in [5, 5.41) is 9.13. The van der Waals surface area contributed by atoms with Crippen LogP contribution in [0.25, 0.3) is 16.6 Å². The fraction of sp³-hybridized carbons (Fsp3) is 0.375. The van der Waals surface area contributed by atoms with E-state index in [-0.39, 0.29) is 18.0 Å². The first-order chi connectivity index (χ1) is 10.6. The quantitative estimate of drug-likeness (QED) is 0.663. The van der Waals surface area contributed by atoms with E-state index in [9.17, 15) is 4.79 Å². The third-order valence-electron chi connectivity index (χ3n) is 4.46. The van der Waals surface area contributed by atoms with Crippen LogP contribution in [0, 0.1) is 0 Å². The summed E-state index contributed by atoms with van der Waals surface area (Å²) in [5.41, 5.74) is 2.61. The molecule has 0 radical (unpaired) electrons. The first-order valence-corrected chi connectivity index (χ1v) is 8.36. The molecule has 1 aliphatic rings. The Labute approximate surface area is 148 Å². The van der Waals surface area contributed by atoms with Crippen molar-refractivity contribution >= 4 is 44.9 Å². The standard InChI is InChI=1S/C16H17BrN4O.ClH/c1-9-7-10(5-6-18-9)13-8-14(22)19-16-15-11(17)3-2-4-12(15)20-21(13)16;/h2-4,8-10,18H,5-7H2,1H3,(H,19,22);1H. The molecule has 3 aromatic rings. The molecule has 7 heteroatoms. The van der Waals surface area contributed by atoms with Crippen molar-refractivity contribution in [1.29, 1.82) is 0 Å². The van der Waals surface area contributed by atoms with Gasteiger partial charge in [-0.25, -0.2) is 4.52 Å². The van der Waals surface area contributed by atoms with E-state index in [1.807, 2.05) is 22.7 Å². The molecular formula is C16H18BrClN4O. The zero-order valence-corrected chi connectivity index (χ0v) is 15.1. The van der Waals surface area contributed by atoms with Crippen LogP contribution in [-0.2, 0) is 0 Å². The average molecular weight is 398 g/mol. The number of rotatable bonds is 1. The highest BCUT2D eigenvalue weighted by atomic mass is 79.9. The van der Waals surface area contributed by atoms with E-state index in [1.54, 1.807) is 6.07 Å². The number of aromatic amines is 1. The minimum atomic E-state index is -0.0637. The largest absolute Gasteiger partial charge is 0.314 e. The molecule has 5 nitrogen and oxygen atoms in total. The third kappa shape index (κ3) is 2.79. The van der Waals surface area contributed by atoms with Gasteiger partial charge in [-0.15, -0.1) is 12.4 Å². The zero-order valence-electron chi connectivity index (χ0n) is 12.7. The second kappa shape index (κ2) is 6.26. The fourth-order valence-corrected chi connectivity index (χ4v) is 3.98. The number of hydrogen-bond donors (Lipinski definition) is 2. The van der Waals surface area contributed by atoms with Gasteiger partial charge in [0, 0.05) is 22.5 Å². The first kappa shape index (κ1) is 16.5. The van der Waals surface area contributed by atoms with E-state index >= 15 is 0 Å². The zero-order chi connectivity index (χ0) is 15.3. The molecule has 2 atom stereocenters. The molecule has 4 rings (SSSR count). The van der Waals surface area contributed by atoms with E-state index in [0.29, 0.717) is 12.0 Å². The number of hydrogen-bond acceptors (Lipinski definition) is 3. The fourth-order valence-electron chi connectivity index (χ4n) is 3.44. The topological polar surface area (TPSA) is 62.2 Å². The lowest BCUT2D eigenvalue weighted by Gasteiger charge is -2.28. The van der Waals surface area contributed by atoms with Gasteiger partial charge in [0.05, 0.1) is 16.6 Å². The predicted molar refractivity (Wildman–Crippen MR) is 97.7 cm³/mol. The van der Waals surface area contributed by atoms with E-state index in [2.05, 4.69) is 33.2 Å². The van der Waals surface area contributed by atoms with Crippen molar-refractivity contribution in [2.45, 2.75) is 31.7 Å². The van der Waals surface area contributed by atoms with Crippen LogP contribution in [0.3, 0.4) is 0 Å². The predicted octanol–water partition coefficient (Wildman–Crippen LogP) is 3.22. The number of halogens is 2. The van der Waals surface area contributed by atoms with Gasteiger partial charge in [0.2, 0.25) is 0 Å². The Balaban J connectivity index is 0.00000156. The molecule has 23 heavy (non-hydrogen) atoms. The summed E-state index contributed by atoms with van der Waals surface area (Å²) < 4.78 is 2.87. The van der Waals surface area contributed by atoms with Crippen LogP contribution in [0.1, 0.15) is 31.4 Å². The molecule has 3 heterocycles. The summed E-state index contributed by atoms with van der Waals surface area (Å²) in [6.07, 6.45) is 2.05. The molecule has 0 saturated carbocycles. The van der Waals surface area contributed by atoms with Crippen LogP contribution in [0.15, 0.2) is 33.5 Å².